The third-order valence-electron chi connectivity index (χ3n) is 2.69. The lowest BCUT2D eigenvalue weighted by atomic mass is 9.98. The summed E-state index contributed by atoms with van der Waals surface area (Å²) in [6, 6.07) is 6.60. The van der Waals surface area contributed by atoms with Crippen LogP contribution in [0.25, 0.3) is 0 Å². The highest BCUT2D eigenvalue weighted by molar-refractivity contribution is 5.74. The van der Waals surface area contributed by atoms with E-state index in [4.69, 9.17) is 10.8 Å². The Morgan fingerprint density at radius 2 is 1.95 bits per heavy atom. The number of hydrogen-bond donors (Lipinski definition) is 4. The molecule has 0 aliphatic rings. The number of carboxylic acids is 1. The maximum Gasteiger partial charge on any atom is 0.303 e. The molecule has 0 aliphatic carbocycles. The highest BCUT2D eigenvalue weighted by Gasteiger charge is 2.20. The van der Waals surface area contributed by atoms with Crippen molar-refractivity contribution in [2.24, 2.45) is 5.73 Å². The van der Waals surface area contributed by atoms with Crippen LogP contribution in [0.15, 0.2) is 24.3 Å². The van der Waals surface area contributed by atoms with Crippen LogP contribution >= 0.6 is 0 Å². The summed E-state index contributed by atoms with van der Waals surface area (Å²) in [5, 5.41) is 28.1. The summed E-state index contributed by atoms with van der Waals surface area (Å²) < 4.78 is 0. The molecule has 1 rings (SSSR count). The Bertz CT molecular complexity index is 460. The molecule has 5 N–H and O–H groups in total. The fourth-order valence-corrected chi connectivity index (χ4v) is 1.72. The second-order valence-corrected chi connectivity index (χ2v) is 4.32. The maximum absolute atomic E-state index is 10.7. The molecule has 1 amide bonds. The van der Waals surface area contributed by atoms with Gasteiger partial charge in [0.15, 0.2) is 0 Å². The van der Waals surface area contributed by atoms with Crippen molar-refractivity contribution < 1.29 is 24.9 Å². The fourth-order valence-electron chi connectivity index (χ4n) is 1.72. The van der Waals surface area contributed by atoms with Gasteiger partial charge in [-0.2, -0.15) is 0 Å². The van der Waals surface area contributed by atoms with Crippen molar-refractivity contribution in [1.29, 1.82) is 0 Å². The lowest BCUT2D eigenvalue weighted by molar-refractivity contribution is -0.137. The summed E-state index contributed by atoms with van der Waals surface area (Å²) in [6.45, 7) is 0. The SMILES string of the molecule is NC(=O)CC(O)C(O)c1cccc(CCC(=O)O)c1. The lowest BCUT2D eigenvalue weighted by Crippen LogP contribution is -2.25. The topological polar surface area (TPSA) is 121 Å². The van der Waals surface area contributed by atoms with Gasteiger partial charge in [-0.05, 0) is 17.5 Å². The van der Waals surface area contributed by atoms with E-state index < -0.39 is 24.1 Å². The van der Waals surface area contributed by atoms with E-state index in [-0.39, 0.29) is 12.8 Å². The van der Waals surface area contributed by atoms with Crippen LogP contribution in [0.4, 0.5) is 0 Å². The van der Waals surface area contributed by atoms with Crippen LogP contribution in [0, 0.1) is 0 Å². The van der Waals surface area contributed by atoms with Crippen LogP contribution in [0.1, 0.15) is 30.1 Å². The third kappa shape index (κ3) is 5.07. The first-order valence-corrected chi connectivity index (χ1v) is 5.85. The smallest absolute Gasteiger partial charge is 0.303 e. The number of rotatable bonds is 7. The van der Waals surface area contributed by atoms with Gasteiger partial charge in [0.05, 0.1) is 12.5 Å². The highest BCUT2D eigenvalue weighted by atomic mass is 16.4. The molecular formula is C13H17NO5. The summed E-state index contributed by atoms with van der Waals surface area (Å²) in [6.07, 6.45) is -2.50. The lowest BCUT2D eigenvalue weighted by Gasteiger charge is -2.17. The Morgan fingerprint density at radius 3 is 2.53 bits per heavy atom. The van der Waals surface area contributed by atoms with E-state index >= 15 is 0 Å². The summed E-state index contributed by atoms with van der Waals surface area (Å²) in [7, 11) is 0. The first kappa shape index (κ1) is 15.1. The summed E-state index contributed by atoms with van der Waals surface area (Å²) >= 11 is 0. The van der Waals surface area contributed by atoms with Crippen molar-refractivity contribution >= 4 is 11.9 Å². The van der Waals surface area contributed by atoms with E-state index in [0.29, 0.717) is 12.0 Å². The molecule has 0 aliphatic heterocycles. The minimum Gasteiger partial charge on any atom is -0.481 e. The first-order chi connectivity index (χ1) is 8.90. The van der Waals surface area contributed by atoms with Gasteiger partial charge in [0, 0.05) is 6.42 Å². The van der Waals surface area contributed by atoms with Crippen molar-refractivity contribution in [1.82, 2.24) is 0 Å². The molecule has 2 unspecified atom stereocenters. The molecule has 2 atom stereocenters. The summed E-state index contributed by atoms with van der Waals surface area (Å²) in [4.78, 5) is 21.2. The van der Waals surface area contributed by atoms with Crippen molar-refractivity contribution in [2.75, 3.05) is 0 Å². The van der Waals surface area contributed by atoms with Crippen molar-refractivity contribution in [2.45, 2.75) is 31.5 Å². The number of hydrogen-bond acceptors (Lipinski definition) is 4. The Labute approximate surface area is 110 Å². The second-order valence-electron chi connectivity index (χ2n) is 4.32. The number of carboxylic acid groups (broad SMARTS) is 1. The van der Waals surface area contributed by atoms with Crippen LogP contribution in [-0.2, 0) is 16.0 Å². The van der Waals surface area contributed by atoms with Gasteiger partial charge in [0.25, 0.3) is 0 Å². The van der Waals surface area contributed by atoms with E-state index in [0.717, 1.165) is 5.56 Å². The fraction of sp³-hybridized carbons (Fsp3) is 0.385. The molecule has 19 heavy (non-hydrogen) atoms. The van der Waals surface area contributed by atoms with Gasteiger partial charge >= 0.3 is 5.97 Å². The van der Waals surface area contributed by atoms with E-state index in [1.165, 1.54) is 0 Å². The molecule has 0 fully saturated rings. The summed E-state index contributed by atoms with van der Waals surface area (Å²) in [5.74, 6) is -1.60. The number of carbonyl (C=O) groups is 2. The number of aliphatic carboxylic acids is 1. The zero-order chi connectivity index (χ0) is 14.4. The molecule has 0 heterocycles. The number of aliphatic hydroxyl groups excluding tert-OH is 2. The molecule has 0 saturated heterocycles. The number of nitrogens with two attached hydrogens (primary N) is 1. The molecule has 0 saturated carbocycles. The third-order valence-corrected chi connectivity index (χ3v) is 2.69. The second kappa shape index (κ2) is 6.86. The average Bonchev–Trinajstić information content (AvgIpc) is 2.35. The molecule has 0 aromatic heterocycles. The van der Waals surface area contributed by atoms with Gasteiger partial charge in [-0.25, -0.2) is 0 Å². The van der Waals surface area contributed by atoms with Gasteiger partial charge < -0.3 is 21.1 Å². The monoisotopic (exact) mass is 267 g/mol. The van der Waals surface area contributed by atoms with Crippen LogP contribution in [-0.4, -0.2) is 33.3 Å². The van der Waals surface area contributed by atoms with Crippen molar-refractivity contribution in [3.63, 3.8) is 0 Å². The Morgan fingerprint density at radius 1 is 1.26 bits per heavy atom. The van der Waals surface area contributed by atoms with Gasteiger partial charge in [0.2, 0.25) is 5.91 Å². The van der Waals surface area contributed by atoms with Gasteiger partial charge in [0.1, 0.15) is 6.10 Å². The zero-order valence-electron chi connectivity index (χ0n) is 10.3. The number of benzene rings is 1. The van der Waals surface area contributed by atoms with Crippen LogP contribution in [0.5, 0.6) is 0 Å². The van der Waals surface area contributed by atoms with Crippen LogP contribution in [0.3, 0.4) is 0 Å². The quantitative estimate of drug-likeness (QED) is 0.553. The van der Waals surface area contributed by atoms with Gasteiger partial charge in [-0.15, -0.1) is 0 Å². The van der Waals surface area contributed by atoms with Crippen molar-refractivity contribution in [3.8, 4) is 0 Å². The largest absolute Gasteiger partial charge is 0.481 e. The Hall–Kier alpha value is -1.92. The first-order valence-electron chi connectivity index (χ1n) is 5.85. The highest BCUT2D eigenvalue weighted by Crippen LogP contribution is 2.20. The maximum atomic E-state index is 10.7. The van der Waals surface area contributed by atoms with E-state index in [9.17, 15) is 19.8 Å². The zero-order valence-corrected chi connectivity index (χ0v) is 10.3. The number of primary amides is 1. The van der Waals surface area contributed by atoms with Crippen LogP contribution < -0.4 is 5.73 Å². The van der Waals surface area contributed by atoms with Gasteiger partial charge in [-0.3, -0.25) is 9.59 Å². The molecule has 6 heteroatoms. The van der Waals surface area contributed by atoms with Gasteiger partial charge in [-0.1, -0.05) is 24.3 Å². The predicted molar refractivity (Wildman–Crippen MR) is 67.2 cm³/mol. The van der Waals surface area contributed by atoms with E-state index in [1.54, 1.807) is 24.3 Å². The molecule has 104 valence electrons. The minimum absolute atomic E-state index is 0.0105. The minimum atomic E-state index is -1.27. The molecule has 0 radical (unpaired) electrons. The standard InChI is InChI=1S/C13H17NO5/c14-11(16)7-10(15)13(19)9-3-1-2-8(6-9)4-5-12(17)18/h1-3,6,10,13,15,19H,4-5,7H2,(H2,14,16)(H,17,18). The number of amides is 1. The molecular weight excluding hydrogens is 250 g/mol. The molecule has 0 bridgehead atoms. The van der Waals surface area contributed by atoms with Crippen molar-refractivity contribution in [3.05, 3.63) is 35.4 Å². The average molecular weight is 267 g/mol. The van der Waals surface area contributed by atoms with E-state index in [1.807, 2.05) is 0 Å². The molecule has 0 spiro atoms. The Balaban J connectivity index is 2.74. The van der Waals surface area contributed by atoms with E-state index in [2.05, 4.69) is 0 Å². The molecule has 6 nitrogen and oxygen atoms in total. The summed E-state index contributed by atoms with van der Waals surface area (Å²) in [5.41, 5.74) is 6.11. The van der Waals surface area contributed by atoms with Crippen LogP contribution in [0.2, 0.25) is 0 Å². The number of carbonyl (C=O) groups excluding carboxylic acids is 1. The normalized spacial score (nSPS) is 13.8. The number of aryl methyl sites for hydroxylation is 1. The Kier molecular flexibility index (Phi) is 5.47. The predicted octanol–water partition coefficient (Wildman–Crippen LogP) is -0.0265. The number of aliphatic hydroxyl groups is 2. The molecule has 1 aromatic rings. The molecule has 1 aromatic carbocycles.